The molecule has 0 aliphatic heterocycles. The molecule has 0 fully saturated rings. The molecule has 1 aromatic carbocycles. The highest BCUT2D eigenvalue weighted by Gasteiger charge is 2.45. The molecule has 1 aliphatic rings. The average Bonchev–Trinajstić information content (AvgIpc) is 2.96. The summed E-state index contributed by atoms with van der Waals surface area (Å²) in [5.74, 6) is -0.228. The number of ether oxygens (including phenoxy) is 1. The molecular formula is C25H34O4. The average molecular weight is 399 g/mol. The van der Waals surface area contributed by atoms with E-state index in [4.69, 9.17) is 4.74 Å². The molecule has 0 saturated heterocycles. The lowest BCUT2D eigenvalue weighted by Crippen LogP contribution is -2.43. The lowest BCUT2D eigenvalue weighted by atomic mass is 9.81. The number of carbonyl (C=O) groups is 1. The Balaban J connectivity index is 1.86. The number of benzene rings is 1. The van der Waals surface area contributed by atoms with Gasteiger partial charge in [0.25, 0.3) is 0 Å². The summed E-state index contributed by atoms with van der Waals surface area (Å²) in [6.07, 6.45) is 9.44. The first-order valence-electron chi connectivity index (χ1n) is 10.4. The number of aliphatic hydroxyl groups is 2. The quantitative estimate of drug-likeness (QED) is 0.416. The predicted octanol–water partition coefficient (Wildman–Crippen LogP) is 4.78. The van der Waals surface area contributed by atoms with E-state index in [2.05, 4.69) is 19.9 Å². The fourth-order valence-electron chi connectivity index (χ4n) is 3.66. The first-order chi connectivity index (χ1) is 13.8. The van der Waals surface area contributed by atoms with E-state index in [1.165, 1.54) is 11.6 Å². The van der Waals surface area contributed by atoms with Gasteiger partial charge in [0.05, 0.1) is 24.2 Å². The minimum absolute atomic E-state index is 0.214. The highest BCUT2D eigenvalue weighted by atomic mass is 16.5. The van der Waals surface area contributed by atoms with Crippen LogP contribution in [-0.2, 0) is 4.79 Å². The Labute approximate surface area is 174 Å². The van der Waals surface area contributed by atoms with E-state index < -0.39 is 17.6 Å². The van der Waals surface area contributed by atoms with Gasteiger partial charge in [-0.1, -0.05) is 41.5 Å². The third-order valence-electron chi connectivity index (χ3n) is 5.25. The number of rotatable bonds is 11. The summed E-state index contributed by atoms with van der Waals surface area (Å²) in [6, 6.07) is 9.60. The Morgan fingerprint density at radius 2 is 1.93 bits per heavy atom. The number of para-hydroxylation sites is 1. The van der Waals surface area contributed by atoms with Crippen molar-refractivity contribution in [3.05, 3.63) is 65.8 Å². The van der Waals surface area contributed by atoms with Crippen molar-refractivity contribution in [2.24, 2.45) is 5.92 Å². The maximum absolute atomic E-state index is 12.3. The smallest absolute Gasteiger partial charge is 0.164 e. The van der Waals surface area contributed by atoms with Crippen molar-refractivity contribution in [2.75, 3.05) is 6.61 Å². The van der Waals surface area contributed by atoms with Crippen LogP contribution in [0.2, 0.25) is 0 Å². The zero-order chi connectivity index (χ0) is 21.3. The molecule has 0 bridgehead atoms. The van der Waals surface area contributed by atoms with Gasteiger partial charge in [-0.05, 0) is 77.2 Å². The van der Waals surface area contributed by atoms with Crippen LogP contribution in [0.15, 0.2) is 65.8 Å². The van der Waals surface area contributed by atoms with Crippen molar-refractivity contribution in [1.82, 2.24) is 0 Å². The highest BCUT2D eigenvalue weighted by molar-refractivity contribution is 5.96. The standard InChI is InChI=1S/C25H34O4/c1-19(2)10-9-11-20(3)18-23(27)24-22(26)14-16-25(24,28)15-7-8-17-29-21-12-5-4-6-13-21/h4-6,10,12-14,16,18,23-24,27-28H,7-9,11,15,17H2,1-3H3. The third kappa shape index (κ3) is 7.30. The number of ketones is 1. The largest absolute Gasteiger partial charge is 0.494 e. The Bertz CT molecular complexity index is 743. The molecule has 0 spiro atoms. The molecular weight excluding hydrogens is 364 g/mol. The monoisotopic (exact) mass is 398 g/mol. The fourth-order valence-corrected chi connectivity index (χ4v) is 3.66. The zero-order valence-electron chi connectivity index (χ0n) is 17.8. The van der Waals surface area contributed by atoms with E-state index in [1.54, 1.807) is 12.2 Å². The van der Waals surface area contributed by atoms with Crippen LogP contribution in [0, 0.1) is 5.92 Å². The van der Waals surface area contributed by atoms with Gasteiger partial charge in [-0.2, -0.15) is 0 Å². The minimum Gasteiger partial charge on any atom is -0.494 e. The van der Waals surface area contributed by atoms with Gasteiger partial charge in [0.1, 0.15) is 5.75 Å². The molecule has 0 aromatic heterocycles. The van der Waals surface area contributed by atoms with Crippen molar-refractivity contribution in [1.29, 1.82) is 0 Å². The topological polar surface area (TPSA) is 66.8 Å². The highest BCUT2D eigenvalue weighted by Crippen LogP contribution is 2.35. The molecule has 1 aromatic rings. The molecule has 3 unspecified atom stereocenters. The van der Waals surface area contributed by atoms with Crippen LogP contribution in [-0.4, -0.2) is 34.3 Å². The van der Waals surface area contributed by atoms with Crippen molar-refractivity contribution in [3.8, 4) is 5.75 Å². The molecule has 1 aliphatic carbocycles. The first-order valence-corrected chi connectivity index (χ1v) is 10.4. The van der Waals surface area contributed by atoms with Gasteiger partial charge in [-0.3, -0.25) is 4.79 Å². The Morgan fingerprint density at radius 3 is 2.62 bits per heavy atom. The van der Waals surface area contributed by atoms with Gasteiger partial charge in [0.2, 0.25) is 0 Å². The molecule has 0 amide bonds. The van der Waals surface area contributed by atoms with Gasteiger partial charge < -0.3 is 14.9 Å². The molecule has 4 nitrogen and oxygen atoms in total. The Hall–Kier alpha value is -2.17. The first kappa shape index (κ1) is 23.1. The zero-order valence-corrected chi connectivity index (χ0v) is 17.8. The summed E-state index contributed by atoms with van der Waals surface area (Å²) in [6.45, 7) is 6.62. The summed E-state index contributed by atoms with van der Waals surface area (Å²) in [4.78, 5) is 12.3. The van der Waals surface area contributed by atoms with E-state index in [1.807, 2.05) is 37.3 Å². The Morgan fingerprint density at radius 1 is 1.21 bits per heavy atom. The van der Waals surface area contributed by atoms with Crippen LogP contribution < -0.4 is 4.74 Å². The summed E-state index contributed by atoms with van der Waals surface area (Å²) < 4.78 is 5.68. The normalized spacial score (nSPS) is 22.6. The van der Waals surface area contributed by atoms with E-state index in [0.29, 0.717) is 19.4 Å². The second kappa shape index (κ2) is 11.1. The van der Waals surface area contributed by atoms with E-state index in [-0.39, 0.29) is 5.78 Å². The van der Waals surface area contributed by atoms with E-state index >= 15 is 0 Å². The van der Waals surface area contributed by atoms with Crippen LogP contribution in [0.3, 0.4) is 0 Å². The van der Waals surface area contributed by atoms with Gasteiger partial charge in [0, 0.05) is 0 Å². The molecule has 3 atom stereocenters. The number of hydrogen-bond acceptors (Lipinski definition) is 4. The van der Waals surface area contributed by atoms with Crippen molar-refractivity contribution < 1.29 is 19.7 Å². The van der Waals surface area contributed by atoms with E-state index in [0.717, 1.165) is 30.6 Å². The Kier molecular flexibility index (Phi) is 8.87. The SMILES string of the molecule is CC(C)=CCCC(C)=CC(O)C1C(=O)C=CC1(O)CCCCOc1ccccc1. The van der Waals surface area contributed by atoms with E-state index in [9.17, 15) is 15.0 Å². The number of hydrogen-bond donors (Lipinski definition) is 2. The van der Waals surface area contributed by atoms with Crippen LogP contribution in [0.4, 0.5) is 0 Å². The molecule has 4 heteroatoms. The molecule has 2 rings (SSSR count). The van der Waals surface area contributed by atoms with Crippen molar-refractivity contribution in [2.45, 2.75) is 64.6 Å². The lowest BCUT2D eigenvalue weighted by Gasteiger charge is -2.31. The summed E-state index contributed by atoms with van der Waals surface area (Å²) >= 11 is 0. The molecule has 2 N–H and O–H groups in total. The van der Waals surface area contributed by atoms with Gasteiger partial charge in [0.15, 0.2) is 5.78 Å². The van der Waals surface area contributed by atoms with Gasteiger partial charge in [-0.25, -0.2) is 0 Å². The van der Waals surface area contributed by atoms with Crippen molar-refractivity contribution >= 4 is 5.78 Å². The lowest BCUT2D eigenvalue weighted by molar-refractivity contribution is -0.127. The third-order valence-corrected chi connectivity index (χ3v) is 5.25. The fraction of sp³-hybridized carbons (Fsp3) is 0.480. The van der Waals surface area contributed by atoms with Gasteiger partial charge in [-0.15, -0.1) is 0 Å². The maximum Gasteiger partial charge on any atom is 0.164 e. The summed E-state index contributed by atoms with van der Waals surface area (Å²) in [5.41, 5.74) is 0.979. The number of unbranched alkanes of at least 4 members (excludes halogenated alkanes) is 1. The van der Waals surface area contributed by atoms with Crippen LogP contribution in [0.5, 0.6) is 5.75 Å². The molecule has 0 saturated carbocycles. The second-order valence-electron chi connectivity index (χ2n) is 8.15. The molecule has 29 heavy (non-hydrogen) atoms. The van der Waals surface area contributed by atoms with Crippen molar-refractivity contribution in [3.63, 3.8) is 0 Å². The maximum atomic E-state index is 12.3. The number of aliphatic hydroxyl groups excluding tert-OH is 1. The molecule has 158 valence electrons. The summed E-state index contributed by atoms with van der Waals surface area (Å²) in [7, 11) is 0. The predicted molar refractivity (Wildman–Crippen MR) is 117 cm³/mol. The van der Waals surface area contributed by atoms with Crippen LogP contribution in [0.25, 0.3) is 0 Å². The van der Waals surface area contributed by atoms with Crippen LogP contribution >= 0.6 is 0 Å². The van der Waals surface area contributed by atoms with Crippen LogP contribution in [0.1, 0.15) is 52.9 Å². The second-order valence-corrected chi connectivity index (χ2v) is 8.15. The summed E-state index contributed by atoms with van der Waals surface area (Å²) in [5, 5.41) is 21.7. The molecule has 0 radical (unpaired) electrons. The number of allylic oxidation sites excluding steroid dienone is 4. The minimum atomic E-state index is -1.31. The van der Waals surface area contributed by atoms with Gasteiger partial charge >= 0.3 is 0 Å². The molecule has 0 heterocycles. The number of carbonyl (C=O) groups excluding carboxylic acids is 1.